The first-order valence-corrected chi connectivity index (χ1v) is 9.17. The van der Waals surface area contributed by atoms with E-state index in [0.29, 0.717) is 10.6 Å². The Labute approximate surface area is 152 Å². The number of nitrogens with one attached hydrogen (secondary N) is 3. The topological polar surface area (TPSA) is 91.1 Å². The van der Waals surface area contributed by atoms with E-state index in [1.165, 1.54) is 28.7 Å². The first-order chi connectivity index (χ1) is 11.5. The molecule has 0 aliphatic heterocycles. The second kappa shape index (κ2) is 7.12. The number of hydrogen-bond donors (Lipinski definition) is 3. The molecular formula is C15H10BrN3O3S2. The van der Waals surface area contributed by atoms with Crippen LogP contribution in [0.4, 0.5) is 0 Å². The summed E-state index contributed by atoms with van der Waals surface area (Å²) in [5, 5.41) is 1.90. The molecule has 9 heteroatoms. The number of rotatable bonds is 3. The van der Waals surface area contributed by atoms with Crippen LogP contribution >= 0.6 is 38.6 Å². The molecule has 0 saturated heterocycles. The van der Waals surface area contributed by atoms with Crippen LogP contribution in [0.2, 0.25) is 0 Å². The van der Waals surface area contributed by atoms with Gasteiger partial charge in [0, 0.05) is 0 Å². The zero-order valence-electron chi connectivity index (χ0n) is 12.0. The maximum absolute atomic E-state index is 12.1. The number of halogens is 1. The van der Waals surface area contributed by atoms with E-state index in [1.54, 1.807) is 18.2 Å². The largest absolute Gasteiger partial charge is 0.321 e. The molecule has 0 spiro atoms. The van der Waals surface area contributed by atoms with Crippen LogP contribution in [0.3, 0.4) is 0 Å². The fourth-order valence-corrected chi connectivity index (χ4v) is 3.90. The minimum Gasteiger partial charge on any atom is -0.321 e. The van der Waals surface area contributed by atoms with Gasteiger partial charge in [0.1, 0.15) is 5.56 Å². The van der Waals surface area contributed by atoms with Crippen LogP contribution in [0.1, 0.15) is 20.0 Å². The average Bonchev–Trinajstić information content (AvgIpc) is 3.23. The molecule has 0 unspecified atom stereocenters. The normalized spacial score (nSPS) is 10.4. The molecule has 24 heavy (non-hydrogen) atoms. The Hall–Kier alpha value is -2.23. The highest BCUT2D eigenvalue weighted by atomic mass is 79.9. The fraction of sp³-hybridized carbons (Fsp3) is 0. The number of amides is 2. The quantitative estimate of drug-likeness (QED) is 0.565. The van der Waals surface area contributed by atoms with Gasteiger partial charge in [0.05, 0.1) is 19.2 Å². The average molecular weight is 424 g/mol. The molecule has 0 aliphatic carbocycles. The van der Waals surface area contributed by atoms with Gasteiger partial charge in [-0.15, -0.1) is 22.7 Å². The van der Waals surface area contributed by atoms with Crippen LogP contribution < -0.4 is 16.4 Å². The van der Waals surface area contributed by atoms with E-state index in [-0.39, 0.29) is 5.56 Å². The molecule has 0 saturated carbocycles. The van der Waals surface area contributed by atoms with Crippen LogP contribution in [0.25, 0.3) is 10.6 Å². The van der Waals surface area contributed by atoms with Gasteiger partial charge in [-0.3, -0.25) is 25.2 Å². The lowest BCUT2D eigenvalue weighted by Crippen LogP contribution is -2.43. The predicted molar refractivity (Wildman–Crippen MR) is 97.3 cm³/mol. The van der Waals surface area contributed by atoms with Crippen molar-refractivity contribution >= 4 is 50.4 Å². The summed E-state index contributed by atoms with van der Waals surface area (Å²) >= 11 is 5.97. The third kappa shape index (κ3) is 3.64. The maximum Gasteiger partial charge on any atom is 0.279 e. The molecule has 3 N–H and O–H groups in total. The van der Waals surface area contributed by atoms with Crippen LogP contribution in [0, 0.1) is 0 Å². The first kappa shape index (κ1) is 16.6. The van der Waals surface area contributed by atoms with Crippen molar-refractivity contribution in [2.45, 2.75) is 0 Å². The summed E-state index contributed by atoms with van der Waals surface area (Å²) in [5.41, 5.74) is 4.55. The minimum atomic E-state index is -0.682. The summed E-state index contributed by atoms with van der Waals surface area (Å²) in [6.07, 6.45) is 0. The van der Waals surface area contributed by atoms with E-state index in [9.17, 15) is 14.4 Å². The maximum atomic E-state index is 12.1. The number of carbonyl (C=O) groups is 2. The van der Waals surface area contributed by atoms with Gasteiger partial charge in [0.2, 0.25) is 0 Å². The zero-order valence-corrected chi connectivity index (χ0v) is 15.2. The number of carbonyl (C=O) groups excluding carboxylic acids is 2. The van der Waals surface area contributed by atoms with Crippen molar-refractivity contribution in [2.75, 3.05) is 0 Å². The number of hydrazine groups is 1. The summed E-state index contributed by atoms with van der Waals surface area (Å²) in [5.74, 6) is -1.14. The van der Waals surface area contributed by atoms with Crippen molar-refractivity contribution in [1.82, 2.24) is 15.8 Å². The SMILES string of the molecule is O=C(NNC(=O)c1ccc(-c2cccs2)[nH]c1=O)c1ccc(Br)s1. The van der Waals surface area contributed by atoms with Crippen molar-refractivity contribution in [2.24, 2.45) is 0 Å². The highest BCUT2D eigenvalue weighted by Crippen LogP contribution is 2.22. The smallest absolute Gasteiger partial charge is 0.279 e. The molecule has 0 radical (unpaired) electrons. The van der Waals surface area contributed by atoms with E-state index in [2.05, 4.69) is 31.8 Å². The van der Waals surface area contributed by atoms with Gasteiger partial charge in [-0.25, -0.2) is 0 Å². The number of aromatic amines is 1. The number of H-pyrrole nitrogens is 1. The molecule has 3 aromatic rings. The summed E-state index contributed by atoms with van der Waals surface area (Å²) in [7, 11) is 0. The Balaban J connectivity index is 1.69. The fourth-order valence-electron chi connectivity index (χ4n) is 1.91. The van der Waals surface area contributed by atoms with Gasteiger partial charge in [-0.05, 0) is 51.6 Å². The lowest BCUT2D eigenvalue weighted by atomic mass is 10.2. The van der Waals surface area contributed by atoms with E-state index in [1.807, 2.05) is 17.5 Å². The predicted octanol–water partition coefficient (Wildman–Crippen LogP) is 3.00. The Morgan fingerprint density at radius 1 is 1.04 bits per heavy atom. The number of hydrogen-bond acceptors (Lipinski definition) is 5. The summed E-state index contributed by atoms with van der Waals surface area (Å²) in [6.45, 7) is 0. The van der Waals surface area contributed by atoms with Gasteiger partial charge >= 0.3 is 0 Å². The van der Waals surface area contributed by atoms with Crippen LogP contribution in [0.5, 0.6) is 0 Å². The van der Waals surface area contributed by atoms with Crippen LogP contribution in [0.15, 0.2) is 50.4 Å². The molecule has 3 heterocycles. The van der Waals surface area contributed by atoms with Gasteiger partial charge in [0.25, 0.3) is 17.4 Å². The molecule has 0 bridgehead atoms. The highest BCUT2D eigenvalue weighted by molar-refractivity contribution is 9.11. The van der Waals surface area contributed by atoms with Crippen LogP contribution in [-0.4, -0.2) is 16.8 Å². The van der Waals surface area contributed by atoms with E-state index in [0.717, 1.165) is 8.66 Å². The third-order valence-corrected chi connectivity index (χ3v) is 5.55. The second-order valence-corrected chi connectivity index (χ2v) is 8.01. The van der Waals surface area contributed by atoms with Gasteiger partial charge in [-0.2, -0.15) is 0 Å². The van der Waals surface area contributed by atoms with E-state index >= 15 is 0 Å². The molecule has 0 atom stereocenters. The molecule has 0 fully saturated rings. The number of aromatic nitrogens is 1. The molecule has 122 valence electrons. The molecule has 2 amide bonds. The van der Waals surface area contributed by atoms with Crippen molar-refractivity contribution < 1.29 is 9.59 Å². The summed E-state index contributed by atoms with van der Waals surface area (Å²) < 4.78 is 0.805. The third-order valence-electron chi connectivity index (χ3n) is 3.03. The lowest BCUT2D eigenvalue weighted by molar-refractivity contribution is 0.0848. The van der Waals surface area contributed by atoms with Gasteiger partial charge in [-0.1, -0.05) is 6.07 Å². The van der Waals surface area contributed by atoms with Crippen molar-refractivity contribution in [3.8, 4) is 10.6 Å². The van der Waals surface area contributed by atoms with Gasteiger partial charge in [0.15, 0.2) is 0 Å². The second-order valence-electron chi connectivity index (χ2n) is 4.60. The molecule has 3 aromatic heterocycles. The molecular weight excluding hydrogens is 414 g/mol. The Kier molecular flexibility index (Phi) is 4.93. The van der Waals surface area contributed by atoms with Crippen molar-refractivity contribution in [1.29, 1.82) is 0 Å². The lowest BCUT2D eigenvalue weighted by Gasteiger charge is -2.06. The minimum absolute atomic E-state index is 0.0806. The van der Waals surface area contributed by atoms with E-state index in [4.69, 9.17) is 0 Å². The molecule has 6 nitrogen and oxygen atoms in total. The van der Waals surface area contributed by atoms with Crippen molar-refractivity contribution in [3.63, 3.8) is 0 Å². The Morgan fingerprint density at radius 2 is 1.83 bits per heavy atom. The molecule has 0 aromatic carbocycles. The van der Waals surface area contributed by atoms with Gasteiger partial charge < -0.3 is 4.98 Å². The van der Waals surface area contributed by atoms with Crippen LogP contribution in [-0.2, 0) is 0 Å². The Bertz CT molecular complexity index is 947. The van der Waals surface area contributed by atoms with E-state index < -0.39 is 17.4 Å². The summed E-state index contributed by atoms with van der Waals surface area (Å²) in [6, 6.07) is 10.2. The first-order valence-electron chi connectivity index (χ1n) is 6.68. The monoisotopic (exact) mass is 423 g/mol. The number of thiophene rings is 2. The Morgan fingerprint density at radius 3 is 2.46 bits per heavy atom. The molecule has 3 rings (SSSR count). The zero-order chi connectivity index (χ0) is 17.1. The highest BCUT2D eigenvalue weighted by Gasteiger charge is 2.14. The standard InChI is InChI=1S/C15H10BrN3O3S2/c16-12-6-5-11(24-12)15(22)19-18-14(21)8-3-4-9(17-13(8)20)10-2-1-7-23-10/h1-7H,(H,17,20)(H,18,21)(H,19,22). The number of pyridine rings is 1. The summed E-state index contributed by atoms with van der Waals surface area (Å²) in [4.78, 5) is 40.0. The molecule has 0 aliphatic rings. The van der Waals surface area contributed by atoms with Crippen molar-refractivity contribution in [3.05, 3.63) is 66.4 Å².